The summed E-state index contributed by atoms with van der Waals surface area (Å²) in [6, 6.07) is 7.52. The standard InChI is InChI=1S/C12H12IN3O/c1-8-5-10(13)3-4-11(8)16-12(17)9(6-14)7-15-2/h3-5,7,15H,1-2H3,(H,16,17)/b9-7-. The molecule has 17 heavy (non-hydrogen) atoms. The van der Waals surface area contributed by atoms with Gasteiger partial charge >= 0.3 is 0 Å². The van der Waals surface area contributed by atoms with Crippen molar-refractivity contribution in [3.8, 4) is 6.07 Å². The van der Waals surface area contributed by atoms with Gasteiger partial charge in [0.05, 0.1) is 0 Å². The fourth-order valence-corrected chi connectivity index (χ4v) is 1.90. The molecule has 0 atom stereocenters. The van der Waals surface area contributed by atoms with Gasteiger partial charge in [0.1, 0.15) is 11.6 Å². The van der Waals surface area contributed by atoms with Gasteiger partial charge in [0, 0.05) is 22.5 Å². The zero-order valence-corrected chi connectivity index (χ0v) is 11.7. The molecule has 0 fully saturated rings. The summed E-state index contributed by atoms with van der Waals surface area (Å²) in [6.45, 7) is 1.91. The normalized spacial score (nSPS) is 10.6. The van der Waals surface area contributed by atoms with Gasteiger partial charge in [0.25, 0.3) is 5.91 Å². The molecular weight excluding hydrogens is 329 g/mol. The third kappa shape index (κ3) is 3.75. The van der Waals surface area contributed by atoms with Crippen molar-refractivity contribution in [3.05, 3.63) is 39.1 Å². The van der Waals surface area contributed by atoms with Crippen LogP contribution in [0.25, 0.3) is 0 Å². The van der Waals surface area contributed by atoms with Crippen LogP contribution < -0.4 is 10.6 Å². The number of rotatable bonds is 3. The summed E-state index contributed by atoms with van der Waals surface area (Å²) in [5.74, 6) is -0.411. The molecular formula is C12H12IN3O. The second-order valence-electron chi connectivity index (χ2n) is 3.37. The van der Waals surface area contributed by atoms with Crippen molar-refractivity contribution in [2.24, 2.45) is 0 Å². The van der Waals surface area contributed by atoms with Crippen LogP contribution in [0.5, 0.6) is 0 Å². The van der Waals surface area contributed by atoms with Crippen LogP contribution in [0.4, 0.5) is 5.69 Å². The zero-order chi connectivity index (χ0) is 12.8. The third-order valence-corrected chi connectivity index (χ3v) is 2.76. The molecule has 0 aromatic heterocycles. The summed E-state index contributed by atoms with van der Waals surface area (Å²) in [6.07, 6.45) is 1.37. The van der Waals surface area contributed by atoms with Crippen molar-refractivity contribution < 1.29 is 4.79 Å². The number of halogens is 1. The van der Waals surface area contributed by atoms with E-state index in [1.165, 1.54) is 6.20 Å². The predicted octanol–water partition coefficient (Wildman–Crippen LogP) is 2.17. The van der Waals surface area contributed by atoms with E-state index in [4.69, 9.17) is 5.26 Å². The maximum Gasteiger partial charge on any atom is 0.267 e. The molecule has 1 aromatic carbocycles. The molecule has 0 aliphatic rings. The molecule has 1 aromatic rings. The molecule has 0 spiro atoms. The van der Waals surface area contributed by atoms with Crippen LogP contribution in [0, 0.1) is 21.8 Å². The summed E-state index contributed by atoms with van der Waals surface area (Å²) in [7, 11) is 1.64. The Balaban J connectivity index is 2.89. The molecule has 0 saturated carbocycles. The zero-order valence-electron chi connectivity index (χ0n) is 9.54. The Hall–Kier alpha value is -1.55. The van der Waals surface area contributed by atoms with Gasteiger partial charge in [-0.3, -0.25) is 4.79 Å². The summed E-state index contributed by atoms with van der Waals surface area (Å²) >= 11 is 2.20. The van der Waals surface area contributed by atoms with Gasteiger partial charge in [0.15, 0.2) is 0 Å². The average Bonchev–Trinajstić information content (AvgIpc) is 2.29. The number of hydrogen-bond donors (Lipinski definition) is 2. The van der Waals surface area contributed by atoms with E-state index in [0.29, 0.717) is 5.69 Å². The van der Waals surface area contributed by atoms with Crippen LogP contribution in [-0.4, -0.2) is 13.0 Å². The summed E-state index contributed by atoms with van der Waals surface area (Å²) < 4.78 is 1.10. The topological polar surface area (TPSA) is 64.9 Å². The summed E-state index contributed by atoms with van der Waals surface area (Å²) in [5.41, 5.74) is 1.73. The predicted molar refractivity (Wildman–Crippen MR) is 75.3 cm³/mol. The number of amides is 1. The first-order chi connectivity index (χ1) is 8.08. The Morgan fingerprint density at radius 2 is 2.24 bits per heavy atom. The van der Waals surface area contributed by atoms with Gasteiger partial charge < -0.3 is 10.6 Å². The molecule has 2 N–H and O–H groups in total. The average molecular weight is 341 g/mol. The maximum atomic E-state index is 11.7. The van der Waals surface area contributed by atoms with Gasteiger partial charge in [-0.25, -0.2) is 0 Å². The first-order valence-electron chi connectivity index (χ1n) is 4.93. The van der Waals surface area contributed by atoms with Crippen molar-refractivity contribution in [2.75, 3.05) is 12.4 Å². The Labute approximate surface area is 114 Å². The number of aryl methyl sites for hydroxylation is 1. The number of benzene rings is 1. The van der Waals surface area contributed by atoms with E-state index in [-0.39, 0.29) is 5.57 Å². The highest BCUT2D eigenvalue weighted by molar-refractivity contribution is 14.1. The molecule has 1 rings (SSSR count). The highest BCUT2D eigenvalue weighted by atomic mass is 127. The minimum absolute atomic E-state index is 0.0467. The summed E-state index contributed by atoms with van der Waals surface area (Å²) in [4.78, 5) is 11.7. The smallest absolute Gasteiger partial charge is 0.267 e. The van der Waals surface area contributed by atoms with E-state index in [1.54, 1.807) is 7.05 Å². The highest BCUT2D eigenvalue weighted by Gasteiger charge is 2.10. The third-order valence-electron chi connectivity index (χ3n) is 2.09. The van der Waals surface area contributed by atoms with E-state index < -0.39 is 5.91 Å². The fraction of sp³-hybridized carbons (Fsp3) is 0.167. The molecule has 0 aliphatic carbocycles. The van der Waals surface area contributed by atoms with Crippen LogP contribution in [0.15, 0.2) is 30.0 Å². The molecule has 0 unspecified atom stereocenters. The molecule has 5 heteroatoms. The Kier molecular flexibility index (Phi) is 4.97. The number of nitrogens with one attached hydrogen (secondary N) is 2. The SMILES string of the molecule is CN/C=C(/C#N)C(=O)Nc1ccc(I)cc1C. The number of nitrogens with zero attached hydrogens (tertiary/aromatic N) is 1. The number of nitriles is 1. The minimum Gasteiger partial charge on any atom is -0.393 e. The Morgan fingerprint density at radius 1 is 1.53 bits per heavy atom. The largest absolute Gasteiger partial charge is 0.393 e. The second kappa shape index (κ2) is 6.25. The number of hydrogen-bond acceptors (Lipinski definition) is 3. The number of carbonyl (C=O) groups is 1. The van der Waals surface area contributed by atoms with Crippen molar-refractivity contribution >= 4 is 34.2 Å². The van der Waals surface area contributed by atoms with Crippen LogP contribution in [0.2, 0.25) is 0 Å². The summed E-state index contributed by atoms with van der Waals surface area (Å²) in [5, 5.41) is 14.2. The van der Waals surface area contributed by atoms with Crippen LogP contribution in [0.1, 0.15) is 5.56 Å². The number of carbonyl (C=O) groups excluding carboxylic acids is 1. The lowest BCUT2D eigenvalue weighted by atomic mass is 10.2. The minimum atomic E-state index is -0.411. The van der Waals surface area contributed by atoms with E-state index in [9.17, 15) is 4.79 Å². The molecule has 88 valence electrons. The molecule has 1 amide bonds. The van der Waals surface area contributed by atoms with Gasteiger partial charge in [-0.2, -0.15) is 5.26 Å². The van der Waals surface area contributed by atoms with E-state index in [1.807, 2.05) is 31.2 Å². The van der Waals surface area contributed by atoms with Crippen molar-refractivity contribution in [1.29, 1.82) is 5.26 Å². The Morgan fingerprint density at radius 3 is 2.76 bits per heavy atom. The Bertz CT molecular complexity index is 503. The van der Waals surface area contributed by atoms with Crippen molar-refractivity contribution in [1.82, 2.24) is 5.32 Å². The van der Waals surface area contributed by atoms with E-state index in [0.717, 1.165) is 9.13 Å². The lowest BCUT2D eigenvalue weighted by Gasteiger charge is -2.07. The van der Waals surface area contributed by atoms with Crippen LogP contribution in [-0.2, 0) is 4.79 Å². The highest BCUT2D eigenvalue weighted by Crippen LogP contribution is 2.18. The van der Waals surface area contributed by atoms with Crippen LogP contribution in [0.3, 0.4) is 0 Å². The monoisotopic (exact) mass is 341 g/mol. The lowest BCUT2D eigenvalue weighted by Crippen LogP contribution is -2.16. The van der Waals surface area contributed by atoms with Gasteiger partial charge in [0.2, 0.25) is 0 Å². The van der Waals surface area contributed by atoms with Crippen molar-refractivity contribution in [2.45, 2.75) is 6.92 Å². The second-order valence-corrected chi connectivity index (χ2v) is 4.62. The lowest BCUT2D eigenvalue weighted by molar-refractivity contribution is -0.112. The number of anilines is 1. The quantitative estimate of drug-likeness (QED) is 0.503. The first kappa shape index (κ1) is 13.5. The fourth-order valence-electron chi connectivity index (χ4n) is 1.25. The van der Waals surface area contributed by atoms with E-state index >= 15 is 0 Å². The molecule has 0 saturated heterocycles. The van der Waals surface area contributed by atoms with Gasteiger partial charge in [-0.15, -0.1) is 0 Å². The van der Waals surface area contributed by atoms with Crippen LogP contribution >= 0.6 is 22.6 Å². The first-order valence-corrected chi connectivity index (χ1v) is 6.01. The van der Waals surface area contributed by atoms with Crippen molar-refractivity contribution in [3.63, 3.8) is 0 Å². The van der Waals surface area contributed by atoms with E-state index in [2.05, 4.69) is 33.2 Å². The molecule has 0 radical (unpaired) electrons. The maximum absolute atomic E-state index is 11.7. The molecule has 0 heterocycles. The van der Waals surface area contributed by atoms with Gasteiger partial charge in [-0.05, 0) is 53.3 Å². The molecule has 0 aliphatic heterocycles. The molecule has 4 nitrogen and oxygen atoms in total. The molecule has 0 bridgehead atoms. The van der Waals surface area contributed by atoms with Gasteiger partial charge in [-0.1, -0.05) is 0 Å².